The molecule has 0 aliphatic heterocycles. The fourth-order valence-corrected chi connectivity index (χ4v) is 2.15. The third-order valence-electron chi connectivity index (χ3n) is 3.06. The molecular formula is C16H17FO2. The van der Waals surface area contributed by atoms with Crippen LogP contribution in [0.4, 0.5) is 4.39 Å². The Morgan fingerprint density at radius 3 is 2.63 bits per heavy atom. The summed E-state index contributed by atoms with van der Waals surface area (Å²) >= 11 is 0. The Balaban J connectivity index is 2.22. The van der Waals surface area contributed by atoms with Crippen LogP contribution in [0.2, 0.25) is 0 Å². The van der Waals surface area contributed by atoms with Crippen LogP contribution in [0.1, 0.15) is 22.8 Å². The number of aliphatic hydroxyl groups excluding tert-OH is 1. The second kappa shape index (κ2) is 5.85. The molecule has 2 aromatic carbocycles. The van der Waals surface area contributed by atoms with Crippen molar-refractivity contribution >= 4 is 0 Å². The van der Waals surface area contributed by atoms with Gasteiger partial charge in [0.2, 0.25) is 0 Å². The monoisotopic (exact) mass is 260 g/mol. The summed E-state index contributed by atoms with van der Waals surface area (Å²) in [7, 11) is 1.59. The molecular weight excluding hydrogens is 243 g/mol. The van der Waals surface area contributed by atoms with E-state index >= 15 is 0 Å². The summed E-state index contributed by atoms with van der Waals surface area (Å²) in [5.74, 6) is 0.406. The zero-order valence-corrected chi connectivity index (χ0v) is 11.1. The van der Waals surface area contributed by atoms with Crippen molar-refractivity contribution in [3.8, 4) is 5.75 Å². The van der Waals surface area contributed by atoms with E-state index in [1.54, 1.807) is 13.2 Å². The second-order valence-electron chi connectivity index (χ2n) is 4.59. The summed E-state index contributed by atoms with van der Waals surface area (Å²) < 4.78 is 18.6. The van der Waals surface area contributed by atoms with E-state index in [9.17, 15) is 9.50 Å². The van der Waals surface area contributed by atoms with E-state index in [0.717, 1.165) is 16.9 Å². The van der Waals surface area contributed by atoms with Crippen LogP contribution in [0.5, 0.6) is 5.75 Å². The SMILES string of the molecule is COc1ccccc1CC(O)c1cc(C)cc(F)c1. The van der Waals surface area contributed by atoms with Crippen LogP contribution in [-0.2, 0) is 6.42 Å². The molecule has 2 nitrogen and oxygen atoms in total. The van der Waals surface area contributed by atoms with E-state index in [0.29, 0.717) is 12.0 Å². The topological polar surface area (TPSA) is 29.5 Å². The first-order valence-corrected chi connectivity index (χ1v) is 6.17. The lowest BCUT2D eigenvalue weighted by Crippen LogP contribution is -2.04. The predicted octanol–water partition coefficient (Wildman–Crippen LogP) is 3.42. The smallest absolute Gasteiger partial charge is 0.123 e. The van der Waals surface area contributed by atoms with Gasteiger partial charge in [0.15, 0.2) is 0 Å². The minimum Gasteiger partial charge on any atom is -0.496 e. The highest BCUT2D eigenvalue weighted by molar-refractivity contribution is 5.35. The number of aliphatic hydroxyl groups is 1. The summed E-state index contributed by atoms with van der Waals surface area (Å²) in [5, 5.41) is 10.2. The fourth-order valence-electron chi connectivity index (χ4n) is 2.15. The van der Waals surface area contributed by atoms with Crippen LogP contribution in [-0.4, -0.2) is 12.2 Å². The maximum atomic E-state index is 13.3. The Morgan fingerprint density at radius 2 is 1.95 bits per heavy atom. The lowest BCUT2D eigenvalue weighted by Gasteiger charge is -2.14. The number of rotatable bonds is 4. The zero-order valence-electron chi connectivity index (χ0n) is 11.1. The summed E-state index contributed by atoms with van der Waals surface area (Å²) in [6.45, 7) is 1.81. The van der Waals surface area contributed by atoms with Gasteiger partial charge in [0.1, 0.15) is 11.6 Å². The van der Waals surface area contributed by atoms with Crippen molar-refractivity contribution in [2.24, 2.45) is 0 Å². The van der Waals surface area contributed by atoms with E-state index in [2.05, 4.69) is 0 Å². The zero-order chi connectivity index (χ0) is 13.8. The van der Waals surface area contributed by atoms with Gasteiger partial charge in [-0.15, -0.1) is 0 Å². The molecule has 19 heavy (non-hydrogen) atoms. The van der Waals surface area contributed by atoms with Crippen molar-refractivity contribution in [2.75, 3.05) is 7.11 Å². The van der Waals surface area contributed by atoms with Crippen LogP contribution in [0.15, 0.2) is 42.5 Å². The molecule has 0 spiro atoms. The quantitative estimate of drug-likeness (QED) is 0.912. The number of halogens is 1. The molecule has 2 rings (SSSR count). The summed E-state index contributed by atoms with van der Waals surface area (Å²) in [6, 6.07) is 12.1. The summed E-state index contributed by atoms with van der Waals surface area (Å²) in [4.78, 5) is 0. The molecule has 0 saturated carbocycles. The maximum Gasteiger partial charge on any atom is 0.123 e. The van der Waals surface area contributed by atoms with Gasteiger partial charge in [0.05, 0.1) is 13.2 Å². The molecule has 100 valence electrons. The van der Waals surface area contributed by atoms with Crippen LogP contribution in [0.25, 0.3) is 0 Å². The lowest BCUT2D eigenvalue weighted by atomic mass is 9.99. The molecule has 0 amide bonds. The Bertz CT molecular complexity index is 546. The molecule has 2 aromatic rings. The van der Waals surface area contributed by atoms with Crippen molar-refractivity contribution < 1.29 is 14.2 Å². The van der Waals surface area contributed by atoms with E-state index in [4.69, 9.17) is 4.74 Å². The first kappa shape index (κ1) is 13.6. The number of para-hydroxylation sites is 1. The van der Waals surface area contributed by atoms with Crippen LogP contribution < -0.4 is 4.74 Å². The number of ether oxygens (including phenoxy) is 1. The van der Waals surface area contributed by atoms with Crippen molar-refractivity contribution in [3.63, 3.8) is 0 Å². The predicted molar refractivity (Wildman–Crippen MR) is 72.8 cm³/mol. The largest absolute Gasteiger partial charge is 0.496 e. The van der Waals surface area contributed by atoms with E-state index in [-0.39, 0.29) is 5.82 Å². The van der Waals surface area contributed by atoms with Crippen molar-refractivity contribution in [1.29, 1.82) is 0 Å². The highest BCUT2D eigenvalue weighted by Crippen LogP contribution is 2.25. The van der Waals surface area contributed by atoms with Gasteiger partial charge in [-0.05, 0) is 41.8 Å². The van der Waals surface area contributed by atoms with Gasteiger partial charge in [-0.25, -0.2) is 4.39 Å². The fraction of sp³-hybridized carbons (Fsp3) is 0.250. The molecule has 0 saturated heterocycles. The average molecular weight is 260 g/mol. The first-order chi connectivity index (χ1) is 9.10. The van der Waals surface area contributed by atoms with E-state index in [1.165, 1.54) is 12.1 Å². The average Bonchev–Trinajstić information content (AvgIpc) is 2.38. The molecule has 1 unspecified atom stereocenters. The van der Waals surface area contributed by atoms with Crippen LogP contribution >= 0.6 is 0 Å². The molecule has 0 aliphatic rings. The highest BCUT2D eigenvalue weighted by Gasteiger charge is 2.13. The third kappa shape index (κ3) is 3.32. The second-order valence-corrected chi connectivity index (χ2v) is 4.59. The normalized spacial score (nSPS) is 12.2. The molecule has 3 heteroatoms. The third-order valence-corrected chi connectivity index (χ3v) is 3.06. The molecule has 0 fully saturated rings. The van der Waals surface area contributed by atoms with Crippen LogP contribution in [0.3, 0.4) is 0 Å². The lowest BCUT2D eigenvalue weighted by molar-refractivity contribution is 0.176. The van der Waals surface area contributed by atoms with Gasteiger partial charge >= 0.3 is 0 Å². The van der Waals surface area contributed by atoms with Crippen molar-refractivity contribution in [3.05, 3.63) is 65.0 Å². The Kier molecular flexibility index (Phi) is 4.17. The van der Waals surface area contributed by atoms with E-state index < -0.39 is 6.10 Å². The number of hydrogen-bond donors (Lipinski definition) is 1. The molecule has 1 N–H and O–H groups in total. The molecule has 0 aromatic heterocycles. The van der Waals surface area contributed by atoms with Gasteiger partial charge in [-0.2, -0.15) is 0 Å². The number of aryl methyl sites for hydroxylation is 1. The van der Waals surface area contributed by atoms with Gasteiger partial charge < -0.3 is 9.84 Å². The minimum atomic E-state index is -0.745. The molecule has 1 atom stereocenters. The van der Waals surface area contributed by atoms with Gasteiger partial charge in [0, 0.05) is 6.42 Å². The number of benzene rings is 2. The van der Waals surface area contributed by atoms with Crippen molar-refractivity contribution in [2.45, 2.75) is 19.4 Å². The maximum absolute atomic E-state index is 13.3. The molecule has 0 radical (unpaired) electrons. The number of hydrogen-bond acceptors (Lipinski definition) is 2. The highest BCUT2D eigenvalue weighted by atomic mass is 19.1. The minimum absolute atomic E-state index is 0.325. The standard InChI is InChI=1S/C16H17FO2/c1-11-7-13(9-14(17)8-11)15(18)10-12-5-3-4-6-16(12)19-2/h3-9,15,18H,10H2,1-2H3. The van der Waals surface area contributed by atoms with Gasteiger partial charge in [-0.3, -0.25) is 0 Å². The Hall–Kier alpha value is -1.87. The molecule has 0 aliphatic carbocycles. The Labute approximate surface area is 112 Å². The van der Waals surface area contributed by atoms with Crippen LogP contribution in [0, 0.1) is 12.7 Å². The van der Waals surface area contributed by atoms with Gasteiger partial charge in [0.25, 0.3) is 0 Å². The van der Waals surface area contributed by atoms with E-state index in [1.807, 2.05) is 31.2 Å². The first-order valence-electron chi connectivity index (χ1n) is 6.17. The van der Waals surface area contributed by atoms with Crippen molar-refractivity contribution in [1.82, 2.24) is 0 Å². The summed E-state index contributed by atoms with van der Waals surface area (Å²) in [6.07, 6.45) is -0.349. The molecule has 0 heterocycles. The Morgan fingerprint density at radius 1 is 1.21 bits per heavy atom. The number of methoxy groups -OCH3 is 1. The van der Waals surface area contributed by atoms with Gasteiger partial charge in [-0.1, -0.05) is 24.3 Å². The summed E-state index contributed by atoms with van der Waals surface area (Å²) in [5.41, 5.74) is 2.29. The molecule has 0 bridgehead atoms.